The Kier molecular flexibility index (Phi) is 9.88. The van der Waals surface area contributed by atoms with Gasteiger partial charge in [-0.25, -0.2) is 0 Å². The number of nitrogens with one attached hydrogen (secondary N) is 1. The van der Waals surface area contributed by atoms with Crippen molar-refractivity contribution < 1.29 is 4.79 Å². The van der Waals surface area contributed by atoms with Crippen molar-refractivity contribution in [1.29, 1.82) is 0 Å². The maximum atomic E-state index is 11.6. The summed E-state index contributed by atoms with van der Waals surface area (Å²) in [5, 5.41) is 3.02. The molecular formula is C15H33N3O. The number of carbonyl (C=O) groups excluding carboxylic acids is 1. The van der Waals surface area contributed by atoms with Gasteiger partial charge in [0.2, 0.25) is 5.91 Å². The van der Waals surface area contributed by atoms with Crippen LogP contribution in [0.15, 0.2) is 0 Å². The summed E-state index contributed by atoms with van der Waals surface area (Å²) in [5.41, 5.74) is 11.3. The fourth-order valence-electron chi connectivity index (χ4n) is 2.49. The van der Waals surface area contributed by atoms with Crippen LogP contribution in [0.3, 0.4) is 0 Å². The van der Waals surface area contributed by atoms with E-state index in [1.807, 2.05) is 0 Å². The van der Waals surface area contributed by atoms with E-state index in [4.69, 9.17) is 11.5 Å². The third kappa shape index (κ3) is 11.0. The van der Waals surface area contributed by atoms with Gasteiger partial charge >= 0.3 is 0 Å². The van der Waals surface area contributed by atoms with Crippen molar-refractivity contribution in [3.05, 3.63) is 0 Å². The molecule has 1 unspecified atom stereocenters. The van der Waals surface area contributed by atoms with Crippen molar-refractivity contribution in [3.8, 4) is 0 Å². The third-order valence-electron chi connectivity index (χ3n) is 3.48. The predicted octanol–water partition coefficient (Wildman–Crippen LogP) is 2.02. The molecule has 0 saturated heterocycles. The first-order chi connectivity index (χ1) is 8.91. The number of carbonyl (C=O) groups is 1. The minimum Gasteiger partial charge on any atom is -0.356 e. The van der Waals surface area contributed by atoms with Gasteiger partial charge in [0, 0.05) is 13.0 Å². The molecule has 0 radical (unpaired) electrons. The van der Waals surface area contributed by atoms with E-state index < -0.39 is 0 Å². The average Bonchev–Trinajstić information content (AvgIpc) is 2.31. The zero-order chi connectivity index (χ0) is 14.7. The molecule has 1 atom stereocenters. The van der Waals surface area contributed by atoms with Gasteiger partial charge in [-0.1, -0.05) is 27.2 Å². The van der Waals surface area contributed by atoms with Crippen molar-refractivity contribution in [2.45, 2.75) is 59.3 Å². The Bertz CT molecular complexity index is 242. The molecule has 1 amide bonds. The van der Waals surface area contributed by atoms with E-state index in [9.17, 15) is 4.79 Å². The molecule has 0 bridgehead atoms. The maximum Gasteiger partial charge on any atom is 0.220 e. The van der Waals surface area contributed by atoms with Crippen LogP contribution in [-0.2, 0) is 4.79 Å². The Labute approximate surface area is 118 Å². The molecule has 0 aliphatic carbocycles. The highest BCUT2D eigenvalue weighted by molar-refractivity contribution is 5.75. The summed E-state index contributed by atoms with van der Waals surface area (Å²) < 4.78 is 0. The van der Waals surface area contributed by atoms with Crippen LogP contribution in [0.2, 0.25) is 0 Å². The van der Waals surface area contributed by atoms with Gasteiger partial charge in [0.15, 0.2) is 0 Å². The second-order valence-electron chi connectivity index (χ2n) is 6.42. The molecule has 114 valence electrons. The molecule has 0 rings (SSSR count). The lowest BCUT2D eigenvalue weighted by Crippen LogP contribution is -2.30. The first-order valence-electron chi connectivity index (χ1n) is 7.58. The van der Waals surface area contributed by atoms with Gasteiger partial charge in [0.25, 0.3) is 0 Å². The van der Waals surface area contributed by atoms with Gasteiger partial charge in [0.05, 0.1) is 0 Å². The quantitative estimate of drug-likeness (QED) is 0.503. The Balaban J connectivity index is 3.71. The first kappa shape index (κ1) is 18.4. The maximum absolute atomic E-state index is 11.6. The fourth-order valence-corrected chi connectivity index (χ4v) is 2.49. The number of hydrogen-bond acceptors (Lipinski definition) is 3. The van der Waals surface area contributed by atoms with Gasteiger partial charge in [-0.2, -0.15) is 0 Å². The van der Waals surface area contributed by atoms with E-state index in [0.717, 1.165) is 51.7 Å². The monoisotopic (exact) mass is 271 g/mol. The number of unbranched alkanes of at least 4 members (excludes halogenated alkanes) is 2. The zero-order valence-electron chi connectivity index (χ0n) is 13.0. The van der Waals surface area contributed by atoms with Crippen molar-refractivity contribution in [3.63, 3.8) is 0 Å². The number of hydrogen-bond donors (Lipinski definition) is 3. The molecule has 5 N–H and O–H groups in total. The van der Waals surface area contributed by atoms with Crippen molar-refractivity contribution in [2.24, 2.45) is 22.8 Å². The van der Waals surface area contributed by atoms with E-state index in [2.05, 4.69) is 26.1 Å². The molecule has 4 heteroatoms. The van der Waals surface area contributed by atoms with Crippen LogP contribution >= 0.6 is 0 Å². The molecule has 0 aliphatic heterocycles. The summed E-state index contributed by atoms with van der Waals surface area (Å²) in [4.78, 5) is 11.6. The summed E-state index contributed by atoms with van der Waals surface area (Å²) in [7, 11) is 0. The van der Waals surface area contributed by atoms with Crippen LogP contribution in [0.1, 0.15) is 59.3 Å². The van der Waals surface area contributed by atoms with E-state index in [0.29, 0.717) is 12.3 Å². The Morgan fingerprint density at radius 1 is 1.16 bits per heavy atom. The van der Waals surface area contributed by atoms with Crippen molar-refractivity contribution in [2.75, 3.05) is 19.6 Å². The van der Waals surface area contributed by atoms with Crippen LogP contribution in [-0.4, -0.2) is 25.5 Å². The highest BCUT2D eigenvalue weighted by Crippen LogP contribution is 2.28. The van der Waals surface area contributed by atoms with E-state index in [1.54, 1.807) is 0 Å². The molecule has 0 aromatic heterocycles. The standard InChI is InChI=1S/C15H33N3O/c1-13(11-15(2,3)8-10-17)12-18-14(19)7-5-4-6-9-16/h13H,4-12,16-17H2,1-3H3,(H,18,19). The topological polar surface area (TPSA) is 81.1 Å². The van der Waals surface area contributed by atoms with E-state index in [-0.39, 0.29) is 11.3 Å². The van der Waals surface area contributed by atoms with Crippen LogP contribution < -0.4 is 16.8 Å². The smallest absolute Gasteiger partial charge is 0.220 e. The largest absolute Gasteiger partial charge is 0.356 e. The van der Waals surface area contributed by atoms with Crippen LogP contribution in [0.4, 0.5) is 0 Å². The van der Waals surface area contributed by atoms with Gasteiger partial charge < -0.3 is 16.8 Å². The number of amides is 1. The minimum absolute atomic E-state index is 0.167. The predicted molar refractivity (Wildman–Crippen MR) is 81.8 cm³/mol. The Morgan fingerprint density at radius 3 is 2.42 bits per heavy atom. The van der Waals surface area contributed by atoms with Crippen molar-refractivity contribution >= 4 is 5.91 Å². The van der Waals surface area contributed by atoms with Crippen LogP contribution in [0, 0.1) is 11.3 Å². The normalized spacial score (nSPS) is 13.3. The summed E-state index contributed by atoms with van der Waals surface area (Å²) in [6.45, 7) is 8.88. The fraction of sp³-hybridized carbons (Fsp3) is 0.933. The van der Waals surface area contributed by atoms with Crippen molar-refractivity contribution in [1.82, 2.24) is 5.32 Å². The number of nitrogens with two attached hydrogens (primary N) is 2. The lowest BCUT2D eigenvalue weighted by Gasteiger charge is -2.27. The summed E-state index contributed by atoms with van der Waals surface area (Å²) in [6.07, 6.45) is 5.75. The average molecular weight is 271 g/mol. The molecule has 0 aromatic rings. The molecule has 0 spiro atoms. The lowest BCUT2D eigenvalue weighted by molar-refractivity contribution is -0.121. The second-order valence-corrected chi connectivity index (χ2v) is 6.42. The van der Waals surface area contributed by atoms with Crippen LogP contribution in [0.25, 0.3) is 0 Å². The molecule has 4 nitrogen and oxygen atoms in total. The summed E-state index contributed by atoms with van der Waals surface area (Å²) in [6, 6.07) is 0. The molecule has 0 fully saturated rings. The summed E-state index contributed by atoms with van der Waals surface area (Å²) in [5.74, 6) is 0.662. The molecular weight excluding hydrogens is 238 g/mol. The van der Waals surface area contributed by atoms with Gasteiger partial charge in [-0.15, -0.1) is 0 Å². The molecule has 0 aromatic carbocycles. The molecule has 0 saturated carbocycles. The summed E-state index contributed by atoms with van der Waals surface area (Å²) >= 11 is 0. The zero-order valence-corrected chi connectivity index (χ0v) is 13.0. The first-order valence-corrected chi connectivity index (χ1v) is 7.58. The van der Waals surface area contributed by atoms with E-state index in [1.165, 1.54) is 0 Å². The lowest BCUT2D eigenvalue weighted by atomic mass is 9.80. The second kappa shape index (κ2) is 10.2. The minimum atomic E-state index is 0.167. The molecule has 0 aliphatic rings. The number of rotatable bonds is 11. The third-order valence-corrected chi connectivity index (χ3v) is 3.48. The van der Waals surface area contributed by atoms with E-state index >= 15 is 0 Å². The van der Waals surface area contributed by atoms with Gasteiger partial charge in [-0.05, 0) is 50.1 Å². The highest BCUT2D eigenvalue weighted by atomic mass is 16.1. The van der Waals surface area contributed by atoms with Gasteiger partial charge in [0.1, 0.15) is 0 Å². The molecule has 0 heterocycles. The SMILES string of the molecule is CC(CNC(=O)CCCCCN)CC(C)(C)CCN. The Morgan fingerprint density at radius 2 is 1.84 bits per heavy atom. The highest BCUT2D eigenvalue weighted by Gasteiger charge is 2.20. The Hall–Kier alpha value is -0.610. The van der Waals surface area contributed by atoms with Crippen LogP contribution in [0.5, 0.6) is 0 Å². The molecule has 19 heavy (non-hydrogen) atoms. The van der Waals surface area contributed by atoms with Gasteiger partial charge in [-0.3, -0.25) is 4.79 Å².